The van der Waals surface area contributed by atoms with Crippen LogP contribution in [0.25, 0.3) is 33.4 Å². The third-order valence-electron chi connectivity index (χ3n) is 7.46. The lowest BCUT2D eigenvalue weighted by molar-refractivity contribution is -0.274. The molecule has 10 heteroatoms. The predicted molar refractivity (Wildman–Crippen MR) is 152 cm³/mol. The van der Waals surface area contributed by atoms with Gasteiger partial charge < -0.3 is 19.8 Å². The van der Waals surface area contributed by atoms with Gasteiger partial charge in [-0.2, -0.15) is 0 Å². The maximum Gasteiger partial charge on any atom is 0.573 e. The summed E-state index contributed by atoms with van der Waals surface area (Å²) in [5.41, 5.74) is 1.64. The van der Waals surface area contributed by atoms with Crippen LogP contribution in [0, 0.1) is 5.82 Å². The zero-order valence-corrected chi connectivity index (χ0v) is 22.7. The van der Waals surface area contributed by atoms with E-state index in [2.05, 4.69) is 15.4 Å². The number of hydrogen-bond acceptors (Lipinski definition) is 4. The van der Waals surface area contributed by atoms with Gasteiger partial charge in [0.25, 0.3) is 11.8 Å². The molecule has 1 aliphatic carbocycles. The first kappa shape index (κ1) is 28.0. The fourth-order valence-corrected chi connectivity index (χ4v) is 5.19. The average molecular weight is 589 g/mol. The van der Waals surface area contributed by atoms with E-state index in [0.717, 1.165) is 24.5 Å². The van der Waals surface area contributed by atoms with E-state index in [1.807, 2.05) is 30.3 Å². The minimum absolute atomic E-state index is 0.0104. The Balaban J connectivity index is 1.44. The number of nitrogens with one attached hydrogen (secondary N) is 2. The van der Waals surface area contributed by atoms with Crippen molar-refractivity contribution in [2.24, 2.45) is 0 Å². The van der Waals surface area contributed by atoms with Crippen LogP contribution in [0.5, 0.6) is 5.75 Å². The first-order chi connectivity index (χ1) is 20.6. The van der Waals surface area contributed by atoms with Gasteiger partial charge in [0.2, 0.25) is 0 Å². The molecule has 218 valence electrons. The molecule has 1 saturated carbocycles. The molecule has 6 nitrogen and oxygen atoms in total. The van der Waals surface area contributed by atoms with E-state index in [1.54, 1.807) is 0 Å². The summed E-state index contributed by atoms with van der Waals surface area (Å²) in [6, 6.07) is 23.1. The van der Waals surface area contributed by atoms with E-state index in [1.165, 1.54) is 61.6 Å². The Morgan fingerprint density at radius 1 is 0.860 bits per heavy atom. The SMILES string of the molecule is CNC(=O)c1c(-c2ccc(F)cc2)oc2ccc(-c3cc(C(=O)NC4(c5ccccc5)CC4)ccc3OC(F)(F)F)cc12. The smallest absolute Gasteiger partial charge is 0.455 e. The summed E-state index contributed by atoms with van der Waals surface area (Å²) in [6.07, 6.45) is -3.52. The van der Waals surface area contributed by atoms with E-state index in [9.17, 15) is 27.2 Å². The van der Waals surface area contributed by atoms with Crippen LogP contribution >= 0.6 is 0 Å². The van der Waals surface area contributed by atoms with Crippen LogP contribution in [0.15, 0.2) is 95.4 Å². The molecule has 1 aliphatic rings. The van der Waals surface area contributed by atoms with Gasteiger partial charge in [0.1, 0.15) is 22.9 Å². The van der Waals surface area contributed by atoms with Crippen molar-refractivity contribution in [3.05, 3.63) is 114 Å². The molecular weight excluding hydrogens is 564 g/mol. The van der Waals surface area contributed by atoms with Gasteiger partial charge in [-0.3, -0.25) is 9.59 Å². The van der Waals surface area contributed by atoms with Crippen molar-refractivity contribution in [2.75, 3.05) is 7.05 Å². The van der Waals surface area contributed by atoms with Crippen molar-refractivity contribution in [1.82, 2.24) is 10.6 Å². The molecule has 0 radical (unpaired) electrons. The highest BCUT2D eigenvalue weighted by molar-refractivity contribution is 6.12. The average Bonchev–Trinajstić information content (AvgIpc) is 3.68. The number of benzene rings is 4. The Kier molecular flexibility index (Phi) is 6.92. The third kappa shape index (κ3) is 5.55. The molecule has 1 heterocycles. The second kappa shape index (κ2) is 10.6. The molecule has 0 saturated heterocycles. The molecule has 0 atom stereocenters. The topological polar surface area (TPSA) is 80.6 Å². The van der Waals surface area contributed by atoms with Crippen LogP contribution in [0.4, 0.5) is 17.6 Å². The number of alkyl halides is 3. The maximum absolute atomic E-state index is 13.6. The standard InChI is InChI=1S/C33H24F4N2O4/c1-38-31(41)28-25-17-20(9-13-26(25)42-29(28)19-7-11-23(34)12-8-19)24-18-21(10-14-27(24)43-33(35,36)37)30(40)39-32(15-16-32)22-5-3-2-4-6-22/h2-14,17-18H,15-16H2,1H3,(H,38,41)(H,39,40). The minimum atomic E-state index is -4.99. The van der Waals surface area contributed by atoms with E-state index < -0.39 is 35.3 Å². The highest BCUT2D eigenvalue weighted by atomic mass is 19.4. The van der Waals surface area contributed by atoms with Gasteiger partial charge in [0, 0.05) is 29.1 Å². The van der Waals surface area contributed by atoms with Crippen molar-refractivity contribution in [2.45, 2.75) is 24.7 Å². The lowest BCUT2D eigenvalue weighted by atomic mass is 9.97. The number of halogens is 4. The molecular formula is C33H24F4N2O4. The van der Waals surface area contributed by atoms with Gasteiger partial charge in [-0.25, -0.2) is 4.39 Å². The number of carbonyl (C=O) groups is 2. The van der Waals surface area contributed by atoms with Gasteiger partial charge in [0.15, 0.2) is 0 Å². The zero-order valence-electron chi connectivity index (χ0n) is 22.7. The Morgan fingerprint density at radius 3 is 2.21 bits per heavy atom. The highest BCUT2D eigenvalue weighted by Crippen LogP contribution is 2.46. The van der Waals surface area contributed by atoms with E-state index in [4.69, 9.17) is 4.42 Å². The van der Waals surface area contributed by atoms with E-state index in [0.29, 0.717) is 10.9 Å². The summed E-state index contributed by atoms with van der Waals surface area (Å²) in [7, 11) is 1.43. The van der Waals surface area contributed by atoms with Gasteiger partial charge in [-0.15, -0.1) is 13.2 Å². The van der Waals surface area contributed by atoms with Gasteiger partial charge in [-0.05, 0) is 78.6 Å². The van der Waals surface area contributed by atoms with Crippen LogP contribution in [-0.2, 0) is 5.54 Å². The summed E-state index contributed by atoms with van der Waals surface area (Å²) >= 11 is 0. The summed E-state index contributed by atoms with van der Waals surface area (Å²) in [6.45, 7) is 0. The molecule has 0 aliphatic heterocycles. The molecule has 6 rings (SSSR count). The minimum Gasteiger partial charge on any atom is -0.455 e. The molecule has 0 spiro atoms. The highest BCUT2D eigenvalue weighted by Gasteiger charge is 2.45. The molecule has 1 fully saturated rings. The predicted octanol–water partition coefficient (Wildman–Crippen LogP) is 7.58. The fraction of sp³-hybridized carbons (Fsp3) is 0.152. The van der Waals surface area contributed by atoms with E-state index in [-0.39, 0.29) is 33.6 Å². The Hall–Kier alpha value is -5.12. The van der Waals surface area contributed by atoms with Crippen LogP contribution in [0.3, 0.4) is 0 Å². The van der Waals surface area contributed by atoms with E-state index >= 15 is 0 Å². The second-order valence-electron chi connectivity index (χ2n) is 10.3. The lowest BCUT2D eigenvalue weighted by Crippen LogP contribution is -2.34. The zero-order chi connectivity index (χ0) is 30.4. The van der Waals surface area contributed by atoms with Gasteiger partial charge in [0.05, 0.1) is 11.1 Å². The monoisotopic (exact) mass is 588 g/mol. The van der Waals surface area contributed by atoms with Crippen molar-refractivity contribution in [1.29, 1.82) is 0 Å². The van der Waals surface area contributed by atoms with Gasteiger partial charge in [-0.1, -0.05) is 36.4 Å². The third-order valence-corrected chi connectivity index (χ3v) is 7.46. The molecule has 43 heavy (non-hydrogen) atoms. The number of fused-ring (bicyclic) bond motifs is 1. The Morgan fingerprint density at radius 2 is 1.56 bits per heavy atom. The fourth-order valence-electron chi connectivity index (χ4n) is 5.19. The number of rotatable bonds is 7. The van der Waals surface area contributed by atoms with Crippen molar-refractivity contribution in [3.63, 3.8) is 0 Å². The van der Waals surface area contributed by atoms with Crippen molar-refractivity contribution >= 4 is 22.8 Å². The molecule has 0 bridgehead atoms. The molecule has 0 unspecified atom stereocenters. The Labute approximate surface area is 243 Å². The lowest BCUT2D eigenvalue weighted by Gasteiger charge is -2.19. The first-order valence-electron chi connectivity index (χ1n) is 13.4. The number of amides is 2. The molecule has 2 amide bonds. The first-order valence-corrected chi connectivity index (χ1v) is 13.4. The number of hydrogen-bond donors (Lipinski definition) is 2. The normalized spacial score (nSPS) is 13.9. The van der Waals surface area contributed by atoms with Gasteiger partial charge >= 0.3 is 6.36 Å². The summed E-state index contributed by atoms with van der Waals surface area (Å²) < 4.78 is 64.1. The number of furan rings is 1. The second-order valence-corrected chi connectivity index (χ2v) is 10.3. The van der Waals surface area contributed by atoms with Crippen molar-refractivity contribution < 1.29 is 36.3 Å². The molecule has 2 N–H and O–H groups in total. The van der Waals surface area contributed by atoms with Crippen LogP contribution in [-0.4, -0.2) is 25.2 Å². The van der Waals surface area contributed by atoms with Crippen LogP contribution in [0.1, 0.15) is 39.1 Å². The maximum atomic E-state index is 13.6. The summed E-state index contributed by atoms with van der Waals surface area (Å²) in [4.78, 5) is 26.3. The molecule has 4 aromatic carbocycles. The summed E-state index contributed by atoms with van der Waals surface area (Å²) in [5.74, 6) is -1.78. The molecule has 5 aromatic rings. The van der Waals surface area contributed by atoms with Crippen molar-refractivity contribution in [3.8, 4) is 28.2 Å². The molecule has 1 aromatic heterocycles. The van der Waals surface area contributed by atoms with Crippen LogP contribution in [0.2, 0.25) is 0 Å². The largest absolute Gasteiger partial charge is 0.573 e. The Bertz CT molecular complexity index is 1840. The summed E-state index contributed by atoms with van der Waals surface area (Å²) in [5, 5.41) is 5.90. The number of carbonyl (C=O) groups excluding carboxylic acids is 2. The quantitative estimate of drug-likeness (QED) is 0.192. The number of ether oxygens (including phenoxy) is 1. The van der Waals surface area contributed by atoms with Crippen LogP contribution < -0.4 is 15.4 Å².